The van der Waals surface area contributed by atoms with Crippen molar-refractivity contribution < 1.29 is 0 Å². The first kappa shape index (κ1) is 7.72. The number of aromatic nitrogens is 1. The van der Waals surface area contributed by atoms with Gasteiger partial charge in [-0.1, -0.05) is 0 Å². The van der Waals surface area contributed by atoms with Crippen LogP contribution in [0.3, 0.4) is 0 Å². The van der Waals surface area contributed by atoms with E-state index in [-0.39, 0.29) is 5.84 Å². The third kappa shape index (κ3) is 2.04. The summed E-state index contributed by atoms with van der Waals surface area (Å²) in [6, 6.07) is 1.89. The highest BCUT2D eigenvalue weighted by molar-refractivity contribution is 5.79. The van der Waals surface area contributed by atoms with Crippen LogP contribution < -0.4 is 5.73 Å². The van der Waals surface area contributed by atoms with Gasteiger partial charge in [-0.25, -0.2) is 0 Å². The van der Waals surface area contributed by atoms with E-state index in [1.165, 1.54) is 0 Å². The lowest BCUT2D eigenvalue weighted by Crippen LogP contribution is -2.13. The molecule has 11 heavy (non-hydrogen) atoms. The Morgan fingerprint density at radius 3 is 3.00 bits per heavy atom. The van der Waals surface area contributed by atoms with Gasteiger partial charge in [0.2, 0.25) is 0 Å². The quantitative estimate of drug-likeness (QED) is 0.484. The molecule has 0 unspecified atom stereocenters. The maximum atomic E-state index is 7.09. The van der Waals surface area contributed by atoms with Crippen LogP contribution in [0.15, 0.2) is 18.5 Å². The normalized spacial score (nSPS) is 9.55. The van der Waals surface area contributed by atoms with Gasteiger partial charge in [-0.2, -0.15) is 0 Å². The van der Waals surface area contributed by atoms with Crippen LogP contribution in [0.5, 0.6) is 0 Å². The van der Waals surface area contributed by atoms with Gasteiger partial charge in [0, 0.05) is 18.8 Å². The third-order valence-corrected chi connectivity index (χ3v) is 1.52. The van der Waals surface area contributed by atoms with Gasteiger partial charge in [-0.3, -0.25) is 10.4 Å². The average Bonchev–Trinajstić information content (AvgIpc) is 1.93. The highest BCUT2D eigenvalue weighted by atomic mass is 14.7. The molecule has 58 valence electrons. The molecule has 1 heterocycles. The SMILES string of the molecule is Cc1cnccc1CC(=N)N. The summed E-state index contributed by atoms with van der Waals surface area (Å²) in [5.41, 5.74) is 7.42. The van der Waals surface area contributed by atoms with Crippen LogP contribution in [-0.4, -0.2) is 10.8 Å². The van der Waals surface area contributed by atoms with Crippen molar-refractivity contribution in [2.75, 3.05) is 0 Å². The number of rotatable bonds is 2. The first-order valence-electron chi connectivity index (χ1n) is 3.42. The van der Waals surface area contributed by atoms with Gasteiger partial charge in [0.05, 0.1) is 5.84 Å². The summed E-state index contributed by atoms with van der Waals surface area (Å²) >= 11 is 0. The predicted molar refractivity (Wildman–Crippen MR) is 44.6 cm³/mol. The lowest BCUT2D eigenvalue weighted by Gasteiger charge is -2.01. The number of pyridine rings is 1. The smallest absolute Gasteiger partial charge is 0.0950 e. The maximum Gasteiger partial charge on any atom is 0.0950 e. The van der Waals surface area contributed by atoms with Gasteiger partial charge in [0.15, 0.2) is 0 Å². The van der Waals surface area contributed by atoms with Gasteiger partial charge in [-0.05, 0) is 24.1 Å². The van der Waals surface area contributed by atoms with Crippen LogP contribution in [0, 0.1) is 12.3 Å². The molecule has 0 aliphatic heterocycles. The molecule has 0 aromatic carbocycles. The lowest BCUT2D eigenvalue weighted by atomic mass is 10.1. The molecule has 0 saturated heterocycles. The van der Waals surface area contributed by atoms with Crippen LogP contribution in [0.1, 0.15) is 11.1 Å². The minimum absolute atomic E-state index is 0.194. The first-order valence-corrected chi connectivity index (χ1v) is 3.42. The highest BCUT2D eigenvalue weighted by Gasteiger charge is 1.97. The molecule has 0 aliphatic rings. The van der Waals surface area contributed by atoms with Gasteiger partial charge in [0.1, 0.15) is 0 Å². The van der Waals surface area contributed by atoms with E-state index in [9.17, 15) is 0 Å². The Bertz CT molecular complexity index is 268. The standard InChI is InChI=1S/C8H11N3/c1-6-5-11-3-2-7(6)4-8(9)10/h2-3,5H,4H2,1H3,(H3,9,10). The molecule has 3 heteroatoms. The number of amidine groups is 1. The molecule has 3 nitrogen and oxygen atoms in total. The zero-order valence-corrected chi connectivity index (χ0v) is 6.46. The minimum Gasteiger partial charge on any atom is -0.387 e. The summed E-state index contributed by atoms with van der Waals surface area (Å²) in [6.07, 6.45) is 4.01. The Kier molecular flexibility index (Phi) is 2.21. The zero-order chi connectivity index (χ0) is 8.27. The fraction of sp³-hybridized carbons (Fsp3) is 0.250. The fourth-order valence-electron chi connectivity index (χ4n) is 0.906. The van der Waals surface area contributed by atoms with Crippen molar-refractivity contribution in [1.29, 1.82) is 5.41 Å². The molecular weight excluding hydrogens is 138 g/mol. The molecule has 0 aliphatic carbocycles. The van der Waals surface area contributed by atoms with Gasteiger partial charge in [0.25, 0.3) is 0 Å². The van der Waals surface area contributed by atoms with Gasteiger partial charge < -0.3 is 5.73 Å². The van der Waals surface area contributed by atoms with Crippen molar-refractivity contribution in [3.8, 4) is 0 Å². The molecule has 0 radical (unpaired) electrons. The Hall–Kier alpha value is -1.38. The molecule has 1 rings (SSSR count). The van der Waals surface area contributed by atoms with E-state index in [1.807, 2.05) is 13.0 Å². The molecule has 0 amide bonds. The van der Waals surface area contributed by atoms with E-state index >= 15 is 0 Å². The van der Waals surface area contributed by atoms with E-state index < -0.39 is 0 Å². The van der Waals surface area contributed by atoms with E-state index in [0.717, 1.165) is 11.1 Å². The molecule has 0 atom stereocenters. The maximum absolute atomic E-state index is 7.09. The summed E-state index contributed by atoms with van der Waals surface area (Å²) in [7, 11) is 0. The lowest BCUT2D eigenvalue weighted by molar-refractivity contribution is 1.16. The molecule has 0 fully saturated rings. The van der Waals surface area contributed by atoms with Crippen LogP contribution >= 0.6 is 0 Å². The molecule has 0 spiro atoms. The number of nitrogens with two attached hydrogens (primary N) is 1. The number of hydrogen-bond acceptors (Lipinski definition) is 2. The minimum atomic E-state index is 0.194. The molecule has 1 aromatic heterocycles. The third-order valence-electron chi connectivity index (χ3n) is 1.52. The van der Waals surface area contributed by atoms with Crippen LogP contribution in [0.25, 0.3) is 0 Å². The van der Waals surface area contributed by atoms with Crippen molar-refractivity contribution in [2.45, 2.75) is 13.3 Å². The predicted octanol–water partition coefficient (Wildman–Crippen LogP) is 0.868. The van der Waals surface area contributed by atoms with E-state index in [2.05, 4.69) is 4.98 Å². The number of hydrogen-bond donors (Lipinski definition) is 2. The Morgan fingerprint density at radius 1 is 1.73 bits per heavy atom. The monoisotopic (exact) mass is 149 g/mol. The van der Waals surface area contributed by atoms with Crippen LogP contribution in [-0.2, 0) is 6.42 Å². The van der Waals surface area contributed by atoms with Gasteiger partial charge >= 0.3 is 0 Å². The van der Waals surface area contributed by atoms with E-state index in [1.54, 1.807) is 12.4 Å². The molecule has 0 saturated carbocycles. The average molecular weight is 149 g/mol. The summed E-state index contributed by atoms with van der Waals surface area (Å²) < 4.78 is 0. The van der Waals surface area contributed by atoms with Crippen molar-refractivity contribution in [3.63, 3.8) is 0 Å². The second-order valence-electron chi connectivity index (χ2n) is 2.50. The number of nitrogens with zero attached hydrogens (tertiary/aromatic N) is 1. The zero-order valence-electron chi connectivity index (χ0n) is 6.46. The Labute approximate surface area is 65.8 Å². The van der Waals surface area contributed by atoms with Crippen molar-refractivity contribution in [2.24, 2.45) is 5.73 Å². The number of aryl methyl sites for hydroxylation is 1. The second-order valence-corrected chi connectivity index (χ2v) is 2.50. The Morgan fingerprint density at radius 2 is 2.45 bits per heavy atom. The van der Waals surface area contributed by atoms with E-state index in [4.69, 9.17) is 11.1 Å². The summed E-state index contributed by atoms with van der Waals surface area (Å²) in [6.45, 7) is 1.96. The van der Waals surface area contributed by atoms with Crippen LogP contribution in [0.4, 0.5) is 0 Å². The van der Waals surface area contributed by atoms with Crippen LogP contribution in [0.2, 0.25) is 0 Å². The molecule has 3 N–H and O–H groups in total. The molecular formula is C8H11N3. The largest absolute Gasteiger partial charge is 0.387 e. The summed E-state index contributed by atoms with van der Waals surface area (Å²) in [5.74, 6) is 0.194. The summed E-state index contributed by atoms with van der Waals surface area (Å²) in [5, 5.41) is 7.09. The molecule has 1 aromatic rings. The second kappa shape index (κ2) is 3.14. The first-order chi connectivity index (χ1) is 5.20. The van der Waals surface area contributed by atoms with Crippen molar-refractivity contribution in [1.82, 2.24) is 4.98 Å². The van der Waals surface area contributed by atoms with Crippen molar-refractivity contribution in [3.05, 3.63) is 29.6 Å². The Balaban J connectivity index is 2.86. The fourth-order valence-corrected chi connectivity index (χ4v) is 0.906. The highest BCUT2D eigenvalue weighted by Crippen LogP contribution is 2.04. The molecule has 0 bridgehead atoms. The number of nitrogens with one attached hydrogen (secondary N) is 1. The topological polar surface area (TPSA) is 62.8 Å². The van der Waals surface area contributed by atoms with Crippen molar-refractivity contribution >= 4 is 5.84 Å². The summed E-state index contributed by atoms with van der Waals surface area (Å²) in [4.78, 5) is 3.94. The van der Waals surface area contributed by atoms with E-state index in [0.29, 0.717) is 6.42 Å². The van der Waals surface area contributed by atoms with Gasteiger partial charge in [-0.15, -0.1) is 0 Å².